The molecule has 0 aromatic heterocycles. The summed E-state index contributed by atoms with van der Waals surface area (Å²) in [6.45, 7) is 1.27. The number of likely N-dealkylation sites (tertiary alicyclic amines) is 1. The van der Waals surface area contributed by atoms with Crippen LogP contribution >= 0.6 is 0 Å². The Balaban J connectivity index is 2.39. The summed E-state index contributed by atoms with van der Waals surface area (Å²) in [6, 6.07) is -0.181. The normalized spacial score (nSPS) is 18.2. The molecule has 0 saturated carbocycles. The van der Waals surface area contributed by atoms with Crippen LogP contribution in [0.2, 0.25) is 0 Å². The Labute approximate surface area is 112 Å². The lowest BCUT2D eigenvalue weighted by Crippen LogP contribution is -2.48. The van der Waals surface area contributed by atoms with Crippen molar-refractivity contribution in [1.82, 2.24) is 9.80 Å². The second-order valence-corrected chi connectivity index (χ2v) is 4.87. The molecular weight excluding hydrogens is 252 g/mol. The van der Waals surface area contributed by atoms with E-state index in [0.717, 1.165) is 0 Å². The van der Waals surface area contributed by atoms with Crippen LogP contribution in [0.5, 0.6) is 0 Å². The van der Waals surface area contributed by atoms with Crippen molar-refractivity contribution < 1.29 is 24.5 Å². The third-order valence-electron chi connectivity index (χ3n) is 3.28. The zero-order valence-corrected chi connectivity index (χ0v) is 11.4. The third kappa shape index (κ3) is 4.68. The minimum atomic E-state index is -0.795. The van der Waals surface area contributed by atoms with Gasteiger partial charge in [-0.25, -0.2) is 4.79 Å². The number of piperidine rings is 1. The molecule has 0 aromatic rings. The van der Waals surface area contributed by atoms with Crippen molar-refractivity contribution in [1.29, 1.82) is 0 Å². The molecule has 110 valence electrons. The molecule has 0 aromatic carbocycles. The Morgan fingerprint density at radius 1 is 1.42 bits per heavy atom. The van der Waals surface area contributed by atoms with Crippen LogP contribution in [-0.4, -0.2) is 78.5 Å². The molecule has 2 N–H and O–H groups in total. The molecule has 0 aliphatic carbocycles. The van der Waals surface area contributed by atoms with Gasteiger partial charge in [-0.2, -0.15) is 0 Å². The molecule has 2 amide bonds. The number of urea groups is 1. The van der Waals surface area contributed by atoms with Crippen molar-refractivity contribution in [2.75, 3.05) is 40.4 Å². The van der Waals surface area contributed by atoms with E-state index in [4.69, 9.17) is 9.84 Å². The second-order valence-electron chi connectivity index (χ2n) is 4.87. The molecule has 1 saturated heterocycles. The number of likely N-dealkylation sites (N-methyl/N-ethyl adjacent to an activating group) is 1. The average Bonchev–Trinajstić information content (AvgIpc) is 2.38. The number of ether oxygens (including phenoxy) is 1. The summed E-state index contributed by atoms with van der Waals surface area (Å²) in [4.78, 5) is 25.9. The molecular formula is C12H22N2O5. The lowest BCUT2D eigenvalue weighted by molar-refractivity contribution is -0.143. The number of carbonyl (C=O) groups excluding carboxylic acids is 1. The molecule has 0 bridgehead atoms. The van der Waals surface area contributed by atoms with Crippen LogP contribution in [0.25, 0.3) is 0 Å². The van der Waals surface area contributed by atoms with Crippen molar-refractivity contribution in [3.63, 3.8) is 0 Å². The summed E-state index contributed by atoms with van der Waals surface area (Å²) in [5.74, 6) is -1.15. The molecule has 7 heteroatoms. The number of nitrogens with zero attached hydrogens (tertiary/aromatic N) is 2. The van der Waals surface area contributed by atoms with Crippen molar-refractivity contribution in [3.8, 4) is 0 Å². The highest BCUT2D eigenvalue weighted by atomic mass is 16.5. The quantitative estimate of drug-likeness (QED) is 0.727. The number of aliphatic hydroxyl groups is 1. The minimum absolute atomic E-state index is 0.179. The van der Waals surface area contributed by atoms with E-state index in [2.05, 4.69) is 0 Å². The zero-order chi connectivity index (χ0) is 14.4. The number of rotatable bonds is 5. The topological polar surface area (TPSA) is 90.3 Å². The van der Waals surface area contributed by atoms with E-state index in [1.54, 1.807) is 11.9 Å². The molecule has 7 nitrogen and oxygen atoms in total. The van der Waals surface area contributed by atoms with Gasteiger partial charge in [0.25, 0.3) is 0 Å². The smallest absolute Gasteiger partial charge is 0.319 e. The number of hydrogen-bond acceptors (Lipinski definition) is 4. The van der Waals surface area contributed by atoms with Crippen LogP contribution in [0, 0.1) is 5.92 Å². The van der Waals surface area contributed by atoms with Crippen LogP contribution < -0.4 is 0 Å². The minimum Gasteiger partial charge on any atom is -0.481 e. The van der Waals surface area contributed by atoms with Gasteiger partial charge in [-0.05, 0) is 12.8 Å². The van der Waals surface area contributed by atoms with E-state index >= 15 is 0 Å². The molecule has 1 atom stereocenters. The summed E-state index contributed by atoms with van der Waals surface area (Å²) < 4.78 is 4.80. The number of carboxylic acid groups (broad SMARTS) is 1. The number of amides is 2. The highest BCUT2D eigenvalue weighted by Crippen LogP contribution is 2.18. The number of carboxylic acids is 1. The van der Waals surface area contributed by atoms with Gasteiger partial charge in [-0.1, -0.05) is 0 Å². The van der Waals surface area contributed by atoms with E-state index in [0.29, 0.717) is 25.9 Å². The molecule has 1 heterocycles. The fourth-order valence-electron chi connectivity index (χ4n) is 2.20. The number of aliphatic hydroxyl groups excluding tert-OH is 1. The molecule has 1 unspecified atom stereocenters. The van der Waals surface area contributed by atoms with Gasteiger partial charge in [0.2, 0.25) is 0 Å². The van der Waals surface area contributed by atoms with Crippen LogP contribution in [0.1, 0.15) is 12.8 Å². The molecule has 1 aliphatic heterocycles. The fourth-order valence-corrected chi connectivity index (χ4v) is 2.20. The summed E-state index contributed by atoms with van der Waals surface area (Å²) in [5, 5.41) is 18.5. The predicted molar refractivity (Wildman–Crippen MR) is 67.8 cm³/mol. The van der Waals surface area contributed by atoms with Crippen LogP contribution in [0.4, 0.5) is 4.79 Å². The van der Waals surface area contributed by atoms with Crippen LogP contribution in [0.15, 0.2) is 0 Å². The van der Waals surface area contributed by atoms with Crippen molar-refractivity contribution >= 4 is 12.0 Å². The molecule has 0 spiro atoms. The largest absolute Gasteiger partial charge is 0.481 e. The molecule has 1 aliphatic rings. The van der Waals surface area contributed by atoms with Gasteiger partial charge >= 0.3 is 12.0 Å². The Morgan fingerprint density at radius 2 is 2.00 bits per heavy atom. The van der Waals surface area contributed by atoms with E-state index in [1.807, 2.05) is 0 Å². The first-order chi connectivity index (χ1) is 8.95. The number of carbonyl (C=O) groups is 2. The third-order valence-corrected chi connectivity index (χ3v) is 3.28. The molecule has 1 rings (SSSR count). The molecule has 1 fully saturated rings. The zero-order valence-electron chi connectivity index (χ0n) is 11.4. The predicted octanol–water partition coefficient (Wildman–Crippen LogP) is -0.158. The Morgan fingerprint density at radius 3 is 2.47 bits per heavy atom. The first kappa shape index (κ1) is 15.7. The Bertz CT molecular complexity index is 315. The van der Waals surface area contributed by atoms with Crippen molar-refractivity contribution in [2.24, 2.45) is 5.92 Å². The Hall–Kier alpha value is -1.34. The van der Waals surface area contributed by atoms with Crippen LogP contribution in [0.3, 0.4) is 0 Å². The van der Waals surface area contributed by atoms with Crippen LogP contribution in [-0.2, 0) is 9.53 Å². The maximum absolute atomic E-state index is 12.1. The van der Waals surface area contributed by atoms with E-state index < -0.39 is 12.1 Å². The summed E-state index contributed by atoms with van der Waals surface area (Å²) in [7, 11) is 3.10. The van der Waals surface area contributed by atoms with Gasteiger partial charge in [0.1, 0.15) is 0 Å². The van der Waals surface area contributed by atoms with E-state index in [1.165, 1.54) is 12.0 Å². The van der Waals surface area contributed by atoms with Crippen molar-refractivity contribution in [2.45, 2.75) is 18.9 Å². The fraction of sp³-hybridized carbons (Fsp3) is 0.833. The maximum atomic E-state index is 12.1. The molecule has 19 heavy (non-hydrogen) atoms. The summed E-state index contributed by atoms with van der Waals surface area (Å²) >= 11 is 0. The standard InChI is InChI=1S/C12H22N2O5/c1-13(7-10(15)8-19-2)12(18)14-5-3-9(4-6-14)11(16)17/h9-10,15H,3-8H2,1-2H3,(H,16,17). The van der Waals surface area contributed by atoms with Gasteiger partial charge in [0.15, 0.2) is 0 Å². The number of methoxy groups -OCH3 is 1. The van der Waals surface area contributed by atoms with E-state index in [-0.39, 0.29) is 25.1 Å². The maximum Gasteiger partial charge on any atom is 0.319 e. The van der Waals surface area contributed by atoms with Gasteiger partial charge in [-0.3, -0.25) is 4.79 Å². The van der Waals surface area contributed by atoms with Gasteiger partial charge in [-0.15, -0.1) is 0 Å². The average molecular weight is 274 g/mol. The first-order valence-electron chi connectivity index (χ1n) is 6.35. The number of hydrogen-bond donors (Lipinski definition) is 2. The highest BCUT2D eigenvalue weighted by Gasteiger charge is 2.28. The SMILES string of the molecule is COCC(O)CN(C)C(=O)N1CCC(C(=O)O)CC1. The highest BCUT2D eigenvalue weighted by molar-refractivity contribution is 5.75. The van der Waals surface area contributed by atoms with Crippen molar-refractivity contribution in [3.05, 3.63) is 0 Å². The Kier molecular flexibility index (Phi) is 6.04. The monoisotopic (exact) mass is 274 g/mol. The summed E-state index contributed by atoms with van der Waals surface area (Å²) in [6.07, 6.45) is 0.251. The lowest BCUT2D eigenvalue weighted by atomic mass is 9.97. The van der Waals surface area contributed by atoms with E-state index in [9.17, 15) is 14.7 Å². The number of aliphatic carboxylic acids is 1. The molecule has 0 radical (unpaired) electrons. The summed E-state index contributed by atoms with van der Waals surface area (Å²) in [5.41, 5.74) is 0. The first-order valence-corrected chi connectivity index (χ1v) is 6.35. The van der Waals surface area contributed by atoms with Gasteiger partial charge in [0, 0.05) is 27.2 Å². The van der Waals surface area contributed by atoms with Gasteiger partial charge in [0.05, 0.1) is 25.2 Å². The lowest BCUT2D eigenvalue weighted by Gasteiger charge is -2.33. The second kappa shape index (κ2) is 7.30. The van der Waals surface area contributed by atoms with Gasteiger partial charge < -0.3 is 24.7 Å².